The molecule has 1 amide bonds. The highest BCUT2D eigenvalue weighted by molar-refractivity contribution is 5.83. The van der Waals surface area contributed by atoms with E-state index >= 15 is 0 Å². The number of hydrogen-bond donors (Lipinski definition) is 2. The SMILES string of the molecule is O=C(O)CCC(=O)CCCC(=O)N1CC[C@@H](O)C1. The van der Waals surface area contributed by atoms with E-state index in [9.17, 15) is 19.5 Å². The largest absolute Gasteiger partial charge is 0.481 e. The second kappa shape index (κ2) is 7.10. The van der Waals surface area contributed by atoms with Gasteiger partial charge >= 0.3 is 5.97 Å². The number of ketones is 1. The molecule has 1 atom stereocenters. The molecule has 0 aromatic heterocycles. The zero-order valence-electron chi connectivity index (χ0n) is 10.3. The zero-order chi connectivity index (χ0) is 13.5. The van der Waals surface area contributed by atoms with Crippen molar-refractivity contribution in [1.82, 2.24) is 4.90 Å². The number of likely N-dealkylation sites (tertiary alicyclic amines) is 1. The first-order valence-electron chi connectivity index (χ1n) is 6.18. The van der Waals surface area contributed by atoms with E-state index in [4.69, 9.17) is 5.11 Å². The summed E-state index contributed by atoms with van der Waals surface area (Å²) >= 11 is 0. The molecule has 1 saturated heterocycles. The number of aliphatic hydroxyl groups excluding tert-OH is 1. The van der Waals surface area contributed by atoms with E-state index in [2.05, 4.69) is 0 Å². The monoisotopic (exact) mass is 257 g/mol. The number of β-amino-alcohol motifs (C(OH)–C–C–N with tert-alkyl or cyclic N) is 1. The molecule has 0 radical (unpaired) electrons. The number of carboxylic acids is 1. The first kappa shape index (κ1) is 14.6. The molecule has 0 spiro atoms. The Kier molecular flexibility index (Phi) is 5.77. The number of carbonyl (C=O) groups excluding carboxylic acids is 2. The van der Waals surface area contributed by atoms with E-state index in [-0.39, 0.29) is 37.4 Å². The van der Waals surface area contributed by atoms with E-state index in [1.165, 1.54) is 0 Å². The van der Waals surface area contributed by atoms with E-state index < -0.39 is 12.1 Å². The highest BCUT2D eigenvalue weighted by Crippen LogP contribution is 2.12. The number of rotatable bonds is 7. The normalized spacial score (nSPS) is 18.9. The van der Waals surface area contributed by atoms with Gasteiger partial charge in [-0.2, -0.15) is 0 Å². The molecule has 1 aliphatic rings. The summed E-state index contributed by atoms with van der Waals surface area (Å²) in [5, 5.41) is 17.7. The maximum absolute atomic E-state index is 11.6. The van der Waals surface area contributed by atoms with E-state index in [0.717, 1.165) is 0 Å². The van der Waals surface area contributed by atoms with Gasteiger partial charge < -0.3 is 15.1 Å². The molecule has 2 N–H and O–H groups in total. The minimum absolute atomic E-state index is 0.0337. The molecule has 0 bridgehead atoms. The van der Waals surface area contributed by atoms with Gasteiger partial charge in [0.05, 0.1) is 12.5 Å². The molecule has 0 unspecified atom stereocenters. The number of amides is 1. The van der Waals surface area contributed by atoms with Gasteiger partial charge in [-0.1, -0.05) is 0 Å². The maximum atomic E-state index is 11.6. The Morgan fingerprint density at radius 1 is 1.11 bits per heavy atom. The number of carbonyl (C=O) groups is 3. The van der Waals surface area contributed by atoms with Crippen LogP contribution in [0.1, 0.15) is 38.5 Å². The Morgan fingerprint density at radius 2 is 1.83 bits per heavy atom. The minimum Gasteiger partial charge on any atom is -0.481 e. The van der Waals surface area contributed by atoms with Gasteiger partial charge in [0, 0.05) is 32.4 Å². The zero-order valence-corrected chi connectivity index (χ0v) is 10.3. The molecule has 1 heterocycles. The van der Waals surface area contributed by atoms with Gasteiger partial charge in [0.1, 0.15) is 5.78 Å². The van der Waals surface area contributed by atoms with Crippen molar-refractivity contribution in [2.45, 2.75) is 44.6 Å². The molecule has 0 aromatic carbocycles. The lowest BCUT2D eigenvalue weighted by Crippen LogP contribution is -2.29. The molecule has 1 rings (SSSR count). The third-order valence-electron chi connectivity index (χ3n) is 2.98. The third-order valence-corrected chi connectivity index (χ3v) is 2.98. The summed E-state index contributed by atoms with van der Waals surface area (Å²) in [6.07, 6.45) is 1.05. The fourth-order valence-electron chi connectivity index (χ4n) is 1.93. The van der Waals surface area contributed by atoms with Crippen LogP contribution < -0.4 is 0 Å². The predicted octanol–water partition coefficient (Wildman–Crippen LogP) is 0.184. The summed E-state index contributed by atoms with van der Waals surface area (Å²) in [7, 11) is 0. The fourth-order valence-corrected chi connectivity index (χ4v) is 1.93. The smallest absolute Gasteiger partial charge is 0.303 e. The fraction of sp³-hybridized carbons (Fsp3) is 0.750. The molecule has 18 heavy (non-hydrogen) atoms. The maximum Gasteiger partial charge on any atom is 0.303 e. The van der Waals surface area contributed by atoms with Crippen LogP contribution >= 0.6 is 0 Å². The first-order valence-corrected chi connectivity index (χ1v) is 6.18. The molecule has 0 aromatic rings. The van der Waals surface area contributed by atoms with Crippen LogP contribution in [0.2, 0.25) is 0 Å². The van der Waals surface area contributed by atoms with Gasteiger partial charge in [-0.05, 0) is 12.8 Å². The van der Waals surface area contributed by atoms with Crippen LogP contribution in [-0.4, -0.2) is 52.0 Å². The van der Waals surface area contributed by atoms with Crippen molar-refractivity contribution in [3.63, 3.8) is 0 Å². The van der Waals surface area contributed by atoms with Crippen LogP contribution in [0.3, 0.4) is 0 Å². The highest BCUT2D eigenvalue weighted by Gasteiger charge is 2.23. The Bertz CT molecular complexity index is 328. The molecule has 1 fully saturated rings. The average molecular weight is 257 g/mol. The lowest BCUT2D eigenvalue weighted by atomic mass is 10.1. The summed E-state index contributed by atoms with van der Waals surface area (Å²) < 4.78 is 0. The Labute approximate surface area is 106 Å². The summed E-state index contributed by atoms with van der Waals surface area (Å²) in [6.45, 7) is 0.957. The van der Waals surface area contributed by atoms with Crippen LogP contribution in [-0.2, 0) is 14.4 Å². The van der Waals surface area contributed by atoms with Crippen LogP contribution in [0, 0.1) is 0 Å². The van der Waals surface area contributed by atoms with Crippen LogP contribution in [0.5, 0.6) is 0 Å². The molecular formula is C12H19NO5. The van der Waals surface area contributed by atoms with Gasteiger partial charge in [0.2, 0.25) is 5.91 Å². The predicted molar refractivity (Wildman–Crippen MR) is 62.9 cm³/mol. The molecule has 1 aliphatic heterocycles. The second-order valence-corrected chi connectivity index (χ2v) is 4.57. The number of aliphatic hydroxyl groups is 1. The van der Waals surface area contributed by atoms with Crippen LogP contribution in [0.4, 0.5) is 0 Å². The van der Waals surface area contributed by atoms with Crippen molar-refractivity contribution in [3.05, 3.63) is 0 Å². The quantitative estimate of drug-likeness (QED) is 0.678. The Balaban J connectivity index is 2.11. The Hall–Kier alpha value is -1.43. The average Bonchev–Trinajstić information content (AvgIpc) is 2.73. The summed E-state index contributed by atoms with van der Waals surface area (Å²) in [5.41, 5.74) is 0. The number of carboxylic acid groups (broad SMARTS) is 1. The number of aliphatic carboxylic acids is 1. The number of Topliss-reactive ketones (excluding diaryl/α,β-unsaturated/α-hetero) is 1. The van der Waals surface area contributed by atoms with Gasteiger partial charge in [-0.3, -0.25) is 14.4 Å². The van der Waals surface area contributed by atoms with Crippen molar-refractivity contribution in [2.24, 2.45) is 0 Å². The summed E-state index contributed by atoms with van der Waals surface area (Å²) in [4.78, 5) is 34.8. The lowest BCUT2D eigenvalue weighted by molar-refractivity contribution is -0.138. The van der Waals surface area contributed by atoms with E-state index in [1.54, 1.807) is 4.90 Å². The first-order chi connectivity index (χ1) is 8.49. The van der Waals surface area contributed by atoms with Crippen LogP contribution in [0.15, 0.2) is 0 Å². The van der Waals surface area contributed by atoms with Gasteiger partial charge in [-0.25, -0.2) is 0 Å². The molecule has 102 valence electrons. The Morgan fingerprint density at radius 3 is 2.39 bits per heavy atom. The molecule has 0 saturated carbocycles. The van der Waals surface area contributed by atoms with Crippen molar-refractivity contribution in [1.29, 1.82) is 0 Å². The van der Waals surface area contributed by atoms with E-state index in [1.807, 2.05) is 0 Å². The minimum atomic E-state index is -0.981. The third kappa shape index (κ3) is 5.27. The van der Waals surface area contributed by atoms with Crippen molar-refractivity contribution in [3.8, 4) is 0 Å². The highest BCUT2D eigenvalue weighted by atomic mass is 16.4. The van der Waals surface area contributed by atoms with Crippen LogP contribution in [0.25, 0.3) is 0 Å². The molecular weight excluding hydrogens is 238 g/mol. The summed E-state index contributed by atoms with van der Waals surface area (Å²) in [5.74, 6) is -1.14. The van der Waals surface area contributed by atoms with E-state index in [0.29, 0.717) is 25.9 Å². The number of hydrogen-bond acceptors (Lipinski definition) is 4. The van der Waals surface area contributed by atoms with Crippen molar-refractivity contribution < 1.29 is 24.6 Å². The van der Waals surface area contributed by atoms with Crippen molar-refractivity contribution in [2.75, 3.05) is 13.1 Å². The summed E-state index contributed by atoms with van der Waals surface area (Å²) in [6, 6.07) is 0. The molecule has 6 nitrogen and oxygen atoms in total. The number of nitrogens with zero attached hydrogens (tertiary/aromatic N) is 1. The van der Waals surface area contributed by atoms with Gasteiger partial charge in [-0.15, -0.1) is 0 Å². The van der Waals surface area contributed by atoms with Crippen molar-refractivity contribution >= 4 is 17.7 Å². The molecule has 6 heteroatoms. The standard InChI is InChI=1S/C12H19NO5/c14-9(4-5-12(17)18)2-1-3-11(16)13-7-6-10(15)8-13/h10,15H,1-8H2,(H,17,18)/t10-/m1/s1. The lowest BCUT2D eigenvalue weighted by Gasteiger charge is -2.14. The second-order valence-electron chi connectivity index (χ2n) is 4.57. The topological polar surface area (TPSA) is 94.9 Å². The molecule has 0 aliphatic carbocycles. The van der Waals surface area contributed by atoms with Gasteiger partial charge in [0.15, 0.2) is 0 Å². The van der Waals surface area contributed by atoms with Gasteiger partial charge in [0.25, 0.3) is 0 Å².